The Bertz CT molecular complexity index is 483. The summed E-state index contributed by atoms with van der Waals surface area (Å²) in [5, 5.41) is 11.2. The molecular formula is C16H24O4. The summed E-state index contributed by atoms with van der Waals surface area (Å²) < 4.78 is 11.2. The van der Waals surface area contributed by atoms with E-state index in [1.165, 1.54) is 0 Å². The molecule has 3 aliphatic rings. The standard InChI is InChI=1S/C16H24O4/c1-9-6-5-7-16(18)8-11-12(10(2)14(17)20-11)13(19-4)15(9,16)3/h9,11,13,18H,5-8H2,1-4H3. The second kappa shape index (κ2) is 4.31. The minimum Gasteiger partial charge on any atom is -0.454 e. The number of hydrogen-bond donors (Lipinski definition) is 1. The van der Waals surface area contributed by atoms with Gasteiger partial charge in [0.05, 0.1) is 11.7 Å². The molecule has 4 heteroatoms. The van der Waals surface area contributed by atoms with Gasteiger partial charge in [0, 0.05) is 30.1 Å². The van der Waals surface area contributed by atoms with Crippen LogP contribution in [0.5, 0.6) is 0 Å². The first kappa shape index (κ1) is 14.1. The average Bonchev–Trinajstić information content (AvgIpc) is 2.65. The molecule has 0 bridgehead atoms. The average molecular weight is 280 g/mol. The van der Waals surface area contributed by atoms with Gasteiger partial charge in [-0.15, -0.1) is 0 Å². The lowest BCUT2D eigenvalue weighted by atomic mass is 9.50. The summed E-state index contributed by atoms with van der Waals surface area (Å²) in [6.45, 7) is 6.11. The fraction of sp³-hybridized carbons (Fsp3) is 0.812. The van der Waals surface area contributed by atoms with Crippen molar-refractivity contribution in [1.29, 1.82) is 0 Å². The van der Waals surface area contributed by atoms with E-state index in [0.29, 0.717) is 17.9 Å². The Morgan fingerprint density at radius 2 is 2.15 bits per heavy atom. The van der Waals surface area contributed by atoms with Crippen LogP contribution in [0.4, 0.5) is 0 Å². The van der Waals surface area contributed by atoms with Gasteiger partial charge < -0.3 is 14.6 Å². The molecule has 3 rings (SSSR count). The third-order valence-corrected chi connectivity index (χ3v) is 6.18. The molecule has 2 saturated carbocycles. The summed E-state index contributed by atoms with van der Waals surface area (Å²) >= 11 is 0. The summed E-state index contributed by atoms with van der Waals surface area (Å²) in [6.07, 6.45) is 2.82. The molecule has 0 aromatic heterocycles. The van der Waals surface area contributed by atoms with Gasteiger partial charge in [-0.1, -0.05) is 20.3 Å². The number of rotatable bonds is 1. The number of aliphatic hydroxyl groups is 1. The lowest BCUT2D eigenvalue weighted by molar-refractivity contribution is -0.214. The number of esters is 1. The van der Waals surface area contributed by atoms with Crippen molar-refractivity contribution in [3.63, 3.8) is 0 Å². The van der Waals surface area contributed by atoms with Crippen LogP contribution in [0.1, 0.15) is 46.5 Å². The van der Waals surface area contributed by atoms with Crippen molar-refractivity contribution in [1.82, 2.24) is 0 Å². The van der Waals surface area contributed by atoms with Gasteiger partial charge >= 0.3 is 5.97 Å². The molecule has 0 spiro atoms. The molecule has 5 atom stereocenters. The molecular weight excluding hydrogens is 256 g/mol. The molecule has 112 valence electrons. The van der Waals surface area contributed by atoms with Crippen LogP contribution >= 0.6 is 0 Å². The Morgan fingerprint density at radius 1 is 1.45 bits per heavy atom. The molecule has 20 heavy (non-hydrogen) atoms. The number of ether oxygens (including phenoxy) is 2. The second-order valence-electron chi connectivity index (χ2n) is 6.90. The zero-order valence-corrected chi connectivity index (χ0v) is 12.7. The smallest absolute Gasteiger partial charge is 0.334 e. The zero-order valence-electron chi connectivity index (χ0n) is 12.7. The highest BCUT2D eigenvalue weighted by Crippen LogP contribution is 2.59. The summed E-state index contributed by atoms with van der Waals surface area (Å²) in [4.78, 5) is 11.9. The highest BCUT2D eigenvalue weighted by molar-refractivity contribution is 5.92. The lowest BCUT2D eigenvalue weighted by Crippen LogP contribution is -2.65. The van der Waals surface area contributed by atoms with Crippen LogP contribution in [0.3, 0.4) is 0 Å². The largest absolute Gasteiger partial charge is 0.454 e. The van der Waals surface area contributed by atoms with Crippen molar-refractivity contribution in [2.45, 2.75) is 64.3 Å². The Morgan fingerprint density at radius 3 is 2.80 bits per heavy atom. The number of hydrogen-bond acceptors (Lipinski definition) is 4. The van der Waals surface area contributed by atoms with Gasteiger partial charge in [0.1, 0.15) is 6.10 Å². The highest BCUT2D eigenvalue weighted by atomic mass is 16.6. The minimum atomic E-state index is -0.815. The molecule has 0 aromatic rings. The van der Waals surface area contributed by atoms with Crippen molar-refractivity contribution in [2.75, 3.05) is 7.11 Å². The van der Waals surface area contributed by atoms with Crippen molar-refractivity contribution in [3.05, 3.63) is 11.1 Å². The predicted octanol–water partition coefficient (Wildman–Crippen LogP) is 2.20. The number of carbonyl (C=O) groups is 1. The maximum absolute atomic E-state index is 11.9. The Hall–Kier alpha value is -0.870. The second-order valence-corrected chi connectivity index (χ2v) is 6.90. The molecule has 2 aliphatic carbocycles. The quantitative estimate of drug-likeness (QED) is 0.748. The van der Waals surface area contributed by atoms with Crippen LogP contribution in [-0.4, -0.2) is 36.0 Å². The molecule has 5 unspecified atom stereocenters. The van der Waals surface area contributed by atoms with Gasteiger partial charge in [0.25, 0.3) is 0 Å². The summed E-state index contributed by atoms with van der Waals surface area (Å²) in [5.74, 6) is 0.0914. The van der Waals surface area contributed by atoms with E-state index in [2.05, 4.69) is 13.8 Å². The maximum Gasteiger partial charge on any atom is 0.334 e. The van der Waals surface area contributed by atoms with Gasteiger partial charge in [0.15, 0.2) is 0 Å². The Balaban J connectivity index is 2.14. The van der Waals surface area contributed by atoms with E-state index in [1.54, 1.807) is 7.11 Å². The van der Waals surface area contributed by atoms with Crippen LogP contribution in [0.15, 0.2) is 11.1 Å². The van der Waals surface area contributed by atoms with Crippen LogP contribution in [0.25, 0.3) is 0 Å². The SMILES string of the molecule is COC1C2=C(C)C(=O)OC2CC2(O)CCCC(C)C12C. The van der Waals surface area contributed by atoms with E-state index in [-0.39, 0.29) is 23.6 Å². The van der Waals surface area contributed by atoms with Gasteiger partial charge in [-0.25, -0.2) is 4.79 Å². The molecule has 0 saturated heterocycles. The predicted molar refractivity (Wildman–Crippen MR) is 74.1 cm³/mol. The minimum absolute atomic E-state index is 0.243. The topological polar surface area (TPSA) is 55.8 Å². The Labute approximate surface area is 120 Å². The summed E-state index contributed by atoms with van der Waals surface area (Å²) in [5.41, 5.74) is 0.451. The fourth-order valence-corrected chi connectivity index (χ4v) is 4.71. The van der Waals surface area contributed by atoms with Crippen molar-refractivity contribution < 1.29 is 19.4 Å². The van der Waals surface area contributed by atoms with Gasteiger partial charge in [-0.2, -0.15) is 0 Å². The third kappa shape index (κ3) is 1.52. The van der Waals surface area contributed by atoms with E-state index in [0.717, 1.165) is 24.8 Å². The van der Waals surface area contributed by atoms with Crippen LogP contribution < -0.4 is 0 Å². The van der Waals surface area contributed by atoms with E-state index in [4.69, 9.17) is 9.47 Å². The molecule has 2 fully saturated rings. The first-order valence-electron chi connectivity index (χ1n) is 7.52. The molecule has 4 nitrogen and oxygen atoms in total. The van der Waals surface area contributed by atoms with Gasteiger partial charge in [-0.05, 0) is 25.7 Å². The monoisotopic (exact) mass is 280 g/mol. The molecule has 0 radical (unpaired) electrons. The van der Waals surface area contributed by atoms with E-state index in [1.807, 2.05) is 6.92 Å². The van der Waals surface area contributed by atoms with E-state index >= 15 is 0 Å². The van der Waals surface area contributed by atoms with Crippen molar-refractivity contribution in [3.8, 4) is 0 Å². The van der Waals surface area contributed by atoms with E-state index < -0.39 is 5.60 Å². The third-order valence-electron chi connectivity index (χ3n) is 6.18. The zero-order chi connectivity index (χ0) is 14.7. The van der Waals surface area contributed by atoms with E-state index in [9.17, 15) is 9.90 Å². The molecule has 0 amide bonds. The maximum atomic E-state index is 11.9. The van der Waals surface area contributed by atoms with Crippen LogP contribution in [0.2, 0.25) is 0 Å². The number of fused-ring (bicyclic) bond motifs is 2. The molecule has 1 heterocycles. The first-order chi connectivity index (χ1) is 9.35. The van der Waals surface area contributed by atoms with Crippen LogP contribution in [0, 0.1) is 11.3 Å². The highest BCUT2D eigenvalue weighted by Gasteiger charge is 2.64. The molecule has 0 aromatic carbocycles. The normalized spacial score (nSPS) is 47.9. The van der Waals surface area contributed by atoms with Gasteiger partial charge in [0.2, 0.25) is 0 Å². The first-order valence-corrected chi connectivity index (χ1v) is 7.52. The fourth-order valence-electron chi connectivity index (χ4n) is 4.71. The lowest BCUT2D eigenvalue weighted by Gasteiger charge is -2.59. The van der Waals surface area contributed by atoms with Crippen molar-refractivity contribution >= 4 is 5.97 Å². The molecule has 1 aliphatic heterocycles. The number of methoxy groups -OCH3 is 1. The number of carbonyl (C=O) groups excluding carboxylic acids is 1. The molecule has 1 N–H and O–H groups in total. The summed E-state index contributed by atoms with van der Waals surface area (Å²) in [6, 6.07) is 0. The van der Waals surface area contributed by atoms with Crippen LogP contribution in [-0.2, 0) is 14.3 Å². The Kier molecular flexibility index (Phi) is 3.04. The van der Waals surface area contributed by atoms with Crippen molar-refractivity contribution in [2.24, 2.45) is 11.3 Å². The summed E-state index contributed by atoms with van der Waals surface area (Å²) in [7, 11) is 1.67. The van der Waals surface area contributed by atoms with Gasteiger partial charge in [-0.3, -0.25) is 0 Å².